The number of benzene rings is 2. The van der Waals surface area contributed by atoms with Crippen molar-refractivity contribution in [2.45, 2.75) is 19.4 Å². The maximum atomic E-state index is 12.8. The van der Waals surface area contributed by atoms with E-state index in [0.29, 0.717) is 17.0 Å². The summed E-state index contributed by atoms with van der Waals surface area (Å²) in [6.45, 7) is 3.13. The van der Waals surface area contributed by atoms with Crippen LogP contribution in [0.5, 0.6) is 5.75 Å². The molecule has 0 saturated carbocycles. The van der Waals surface area contributed by atoms with Gasteiger partial charge in [-0.15, -0.1) is 0 Å². The predicted molar refractivity (Wildman–Crippen MR) is 100 cm³/mol. The number of anilines is 1. The molecule has 0 aliphatic carbocycles. The molecule has 1 aliphatic rings. The van der Waals surface area contributed by atoms with Crippen molar-refractivity contribution in [3.63, 3.8) is 0 Å². The molecule has 1 unspecified atom stereocenters. The van der Waals surface area contributed by atoms with E-state index in [-0.39, 0.29) is 6.54 Å². The first-order chi connectivity index (χ1) is 12.8. The van der Waals surface area contributed by atoms with Crippen molar-refractivity contribution in [2.75, 3.05) is 19.0 Å². The lowest BCUT2D eigenvalue weighted by Crippen LogP contribution is -2.42. The van der Waals surface area contributed by atoms with E-state index < -0.39 is 23.4 Å². The zero-order valence-electron chi connectivity index (χ0n) is 15.4. The van der Waals surface area contributed by atoms with Crippen molar-refractivity contribution in [3.8, 4) is 5.75 Å². The monoisotopic (exact) mass is 367 g/mol. The Morgan fingerprint density at radius 2 is 1.89 bits per heavy atom. The predicted octanol–water partition coefficient (Wildman–Crippen LogP) is 2.41. The third kappa shape index (κ3) is 3.48. The third-order valence-corrected chi connectivity index (χ3v) is 4.56. The normalized spacial score (nSPS) is 19.0. The van der Waals surface area contributed by atoms with Gasteiger partial charge in [-0.3, -0.25) is 14.5 Å². The van der Waals surface area contributed by atoms with E-state index in [1.54, 1.807) is 43.3 Å². The highest BCUT2D eigenvalue weighted by atomic mass is 16.5. The van der Waals surface area contributed by atoms with Gasteiger partial charge in [0.1, 0.15) is 17.8 Å². The molecule has 1 atom stereocenters. The molecule has 1 saturated heterocycles. The van der Waals surface area contributed by atoms with Gasteiger partial charge in [0.05, 0.1) is 12.8 Å². The van der Waals surface area contributed by atoms with E-state index in [1.165, 1.54) is 7.11 Å². The van der Waals surface area contributed by atoms with Crippen LogP contribution in [0.15, 0.2) is 48.5 Å². The van der Waals surface area contributed by atoms with Crippen LogP contribution in [-0.2, 0) is 15.1 Å². The van der Waals surface area contributed by atoms with Crippen molar-refractivity contribution in [1.29, 1.82) is 0 Å². The number of hydrogen-bond acceptors (Lipinski definition) is 4. The minimum atomic E-state index is -1.19. The highest BCUT2D eigenvalue weighted by Gasteiger charge is 2.49. The molecule has 2 N–H and O–H groups in total. The zero-order chi connectivity index (χ0) is 19.6. The van der Waals surface area contributed by atoms with Gasteiger partial charge in [-0.05, 0) is 37.1 Å². The van der Waals surface area contributed by atoms with Crippen molar-refractivity contribution >= 4 is 23.5 Å². The van der Waals surface area contributed by atoms with E-state index in [1.807, 2.05) is 19.1 Å². The molecule has 0 aromatic heterocycles. The van der Waals surface area contributed by atoms with Crippen LogP contribution in [-0.4, -0.2) is 36.4 Å². The molecule has 0 radical (unpaired) electrons. The fourth-order valence-electron chi connectivity index (χ4n) is 3.06. The van der Waals surface area contributed by atoms with Gasteiger partial charge in [-0.1, -0.05) is 36.4 Å². The molecule has 4 amide bonds. The van der Waals surface area contributed by atoms with E-state index in [9.17, 15) is 14.4 Å². The van der Waals surface area contributed by atoms with Crippen molar-refractivity contribution < 1.29 is 19.1 Å². The first-order valence-corrected chi connectivity index (χ1v) is 8.49. The van der Waals surface area contributed by atoms with E-state index in [4.69, 9.17) is 4.74 Å². The molecule has 1 aliphatic heterocycles. The summed E-state index contributed by atoms with van der Waals surface area (Å²) in [6.07, 6.45) is 0. The first-order valence-electron chi connectivity index (χ1n) is 8.49. The summed E-state index contributed by atoms with van der Waals surface area (Å²) in [5.41, 5.74) is 0.893. The molecule has 7 nitrogen and oxygen atoms in total. The van der Waals surface area contributed by atoms with E-state index >= 15 is 0 Å². The van der Waals surface area contributed by atoms with Crippen LogP contribution in [0.4, 0.5) is 10.5 Å². The molecule has 0 spiro atoms. The van der Waals surface area contributed by atoms with E-state index in [2.05, 4.69) is 10.6 Å². The molecule has 2 aromatic rings. The Balaban J connectivity index is 1.76. The van der Waals surface area contributed by atoms with Crippen LogP contribution in [0, 0.1) is 6.92 Å². The Hall–Kier alpha value is -3.35. The number of methoxy groups -OCH3 is 1. The van der Waals surface area contributed by atoms with Crippen LogP contribution >= 0.6 is 0 Å². The quantitative estimate of drug-likeness (QED) is 0.795. The minimum Gasteiger partial charge on any atom is -0.495 e. The molecule has 0 bridgehead atoms. The van der Waals surface area contributed by atoms with Crippen molar-refractivity contribution in [3.05, 3.63) is 59.7 Å². The summed E-state index contributed by atoms with van der Waals surface area (Å²) in [5, 5.41) is 5.38. The standard InChI is InChI=1S/C20H21N3O4/c1-13-9-10-16(27-3)15(11-13)21-17(24)12-23-18(25)20(2,22-19(23)26)14-7-5-4-6-8-14/h4-11H,12H2,1-3H3,(H,21,24)(H,22,26). The smallest absolute Gasteiger partial charge is 0.325 e. The number of rotatable bonds is 5. The number of hydrogen-bond donors (Lipinski definition) is 2. The zero-order valence-corrected chi connectivity index (χ0v) is 15.4. The number of ether oxygens (including phenoxy) is 1. The number of aryl methyl sites for hydroxylation is 1. The van der Waals surface area contributed by atoms with Gasteiger partial charge >= 0.3 is 6.03 Å². The molecule has 3 rings (SSSR count). The molecular formula is C20H21N3O4. The summed E-state index contributed by atoms with van der Waals surface area (Å²) >= 11 is 0. The lowest BCUT2D eigenvalue weighted by Gasteiger charge is -2.22. The topological polar surface area (TPSA) is 87.7 Å². The lowest BCUT2D eigenvalue weighted by molar-refractivity contribution is -0.133. The molecule has 1 fully saturated rings. The summed E-state index contributed by atoms with van der Waals surface area (Å²) in [7, 11) is 1.50. The molecule has 1 heterocycles. The second kappa shape index (κ2) is 7.11. The van der Waals surface area contributed by atoms with Gasteiger partial charge in [0.15, 0.2) is 0 Å². The third-order valence-electron chi connectivity index (χ3n) is 4.56. The Bertz CT molecular complexity index is 897. The van der Waals surface area contributed by atoms with Gasteiger partial charge in [-0.25, -0.2) is 4.79 Å². The Morgan fingerprint density at radius 1 is 1.19 bits per heavy atom. The average molecular weight is 367 g/mol. The molecule has 140 valence electrons. The average Bonchev–Trinajstić information content (AvgIpc) is 2.87. The van der Waals surface area contributed by atoms with Crippen molar-refractivity contribution in [1.82, 2.24) is 10.2 Å². The Kier molecular flexibility index (Phi) is 4.85. The van der Waals surface area contributed by atoms with Crippen LogP contribution < -0.4 is 15.4 Å². The van der Waals surface area contributed by atoms with E-state index in [0.717, 1.165) is 10.5 Å². The van der Waals surface area contributed by atoms with Gasteiger partial charge in [0.25, 0.3) is 5.91 Å². The number of carbonyl (C=O) groups excluding carboxylic acids is 3. The van der Waals surface area contributed by atoms with Crippen LogP contribution in [0.3, 0.4) is 0 Å². The first kappa shape index (κ1) is 18.4. The Labute approximate surface area is 157 Å². The number of carbonyl (C=O) groups is 3. The fraction of sp³-hybridized carbons (Fsp3) is 0.250. The minimum absolute atomic E-state index is 0.385. The lowest BCUT2D eigenvalue weighted by atomic mass is 9.92. The molecular weight excluding hydrogens is 346 g/mol. The summed E-state index contributed by atoms with van der Waals surface area (Å²) < 4.78 is 5.23. The number of urea groups is 1. The van der Waals surface area contributed by atoms with Gasteiger partial charge in [0.2, 0.25) is 5.91 Å². The van der Waals surface area contributed by atoms with Gasteiger partial charge in [-0.2, -0.15) is 0 Å². The Morgan fingerprint density at radius 3 is 2.56 bits per heavy atom. The fourth-order valence-corrected chi connectivity index (χ4v) is 3.06. The number of amides is 4. The van der Waals surface area contributed by atoms with Crippen LogP contribution in [0.1, 0.15) is 18.1 Å². The summed E-state index contributed by atoms with van der Waals surface area (Å²) in [6, 6.07) is 13.7. The second-order valence-corrected chi connectivity index (χ2v) is 6.56. The number of nitrogens with one attached hydrogen (secondary N) is 2. The maximum Gasteiger partial charge on any atom is 0.325 e. The SMILES string of the molecule is COc1ccc(C)cc1NC(=O)CN1C(=O)NC(C)(c2ccccc2)C1=O. The highest BCUT2D eigenvalue weighted by molar-refractivity contribution is 6.10. The van der Waals surface area contributed by atoms with Gasteiger partial charge in [0, 0.05) is 0 Å². The molecule has 27 heavy (non-hydrogen) atoms. The molecule has 7 heteroatoms. The maximum absolute atomic E-state index is 12.8. The summed E-state index contributed by atoms with van der Waals surface area (Å²) in [4.78, 5) is 38.5. The van der Waals surface area contributed by atoms with Crippen LogP contribution in [0.2, 0.25) is 0 Å². The largest absolute Gasteiger partial charge is 0.495 e. The molecule has 2 aromatic carbocycles. The van der Waals surface area contributed by atoms with Gasteiger partial charge < -0.3 is 15.4 Å². The van der Waals surface area contributed by atoms with Crippen molar-refractivity contribution in [2.24, 2.45) is 0 Å². The summed E-state index contributed by atoms with van der Waals surface area (Å²) in [5.74, 6) is -0.454. The van der Waals surface area contributed by atoms with Crippen LogP contribution in [0.25, 0.3) is 0 Å². The highest BCUT2D eigenvalue weighted by Crippen LogP contribution is 2.29. The second-order valence-electron chi connectivity index (χ2n) is 6.56. The number of nitrogens with zero attached hydrogens (tertiary/aromatic N) is 1. The number of imide groups is 1.